The summed E-state index contributed by atoms with van der Waals surface area (Å²) >= 11 is 0. The lowest BCUT2D eigenvalue weighted by atomic mass is 10.1. The van der Waals surface area contributed by atoms with Crippen LogP contribution >= 0.6 is 0 Å². The van der Waals surface area contributed by atoms with Crippen molar-refractivity contribution >= 4 is 0 Å². The van der Waals surface area contributed by atoms with Gasteiger partial charge in [-0.15, -0.1) is 0 Å². The Labute approximate surface area is 109 Å². The van der Waals surface area contributed by atoms with Gasteiger partial charge in [-0.25, -0.2) is 4.79 Å². The molecule has 0 amide bonds. The van der Waals surface area contributed by atoms with E-state index in [0.29, 0.717) is 12.1 Å². The standard InChI is InChI=1S/C14H15N3O2/c1-9-12-11(15-14(19)16-13(12)18)8-17(9)7-10-5-3-2-4-6-10/h2-6,9H,7-8H2,1H3,(H2,15,16,18,19). The minimum atomic E-state index is -0.433. The highest BCUT2D eigenvalue weighted by Crippen LogP contribution is 2.29. The third-order valence-corrected chi connectivity index (χ3v) is 3.62. The predicted molar refractivity (Wildman–Crippen MR) is 71.8 cm³/mol. The zero-order valence-electron chi connectivity index (χ0n) is 10.6. The predicted octanol–water partition coefficient (Wildman–Crippen LogP) is 1.14. The van der Waals surface area contributed by atoms with Crippen molar-refractivity contribution in [1.82, 2.24) is 14.9 Å². The number of H-pyrrole nitrogens is 2. The molecular formula is C14H15N3O2. The average molecular weight is 257 g/mol. The maximum absolute atomic E-state index is 11.8. The van der Waals surface area contributed by atoms with Crippen molar-refractivity contribution in [3.8, 4) is 0 Å². The highest BCUT2D eigenvalue weighted by atomic mass is 16.2. The molecule has 2 N–H and O–H groups in total. The molecule has 1 aliphatic rings. The molecule has 98 valence electrons. The molecular weight excluding hydrogens is 242 g/mol. The summed E-state index contributed by atoms with van der Waals surface area (Å²) < 4.78 is 0. The fourth-order valence-corrected chi connectivity index (χ4v) is 2.64. The van der Waals surface area contributed by atoms with Gasteiger partial charge in [0.2, 0.25) is 0 Å². The Bertz CT molecular complexity index is 703. The third kappa shape index (κ3) is 2.13. The van der Waals surface area contributed by atoms with Crippen LogP contribution in [0.15, 0.2) is 39.9 Å². The second-order valence-electron chi connectivity index (χ2n) is 4.87. The van der Waals surface area contributed by atoms with Crippen molar-refractivity contribution in [2.75, 3.05) is 0 Å². The number of aromatic amines is 2. The monoisotopic (exact) mass is 257 g/mol. The van der Waals surface area contributed by atoms with E-state index in [9.17, 15) is 9.59 Å². The molecule has 3 rings (SSSR count). The van der Waals surface area contributed by atoms with E-state index in [2.05, 4.69) is 27.0 Å². The number of hydrogen-bond donors (Lipinski definition) is 2. The van der Waals surface area contributed by atoms with Crippen LogP contribution in [0.25, 0.3) is 0 Å². The Morgan fingerprint density at radius 1 is 1.21 bits per heavy atom. The van der Waals surface area contributed by atoms with Gasteiger partial charge in [-0.05, 0) is 12.5 Å². The van der Waals surface area contributed by atoms with E-state index in [0.717, 1.165) is 12.2 Å². The molecule has 0 saturated heterocycles. The minimum absolute atomic E-state index is 0.0100. The van der Waals surface area contributed by atoms with Crippen molar-refractivity contribution in [3.05, 3.63) is 68.0 Å². The van der Waals surface area contributed by atoms with E-state index in [1.165, 1.54) is 5.56 Å². The Kier molecular flexibility index (Phi) is 2.83. The van der Waals surface area contributed by atoms with Crippen molar-refractivity contribution in [1.29, 1.82) is 0 Å². The Balaban J connectivity index is 1.91. The molecule has 5 nitrogen and oxygen atoms in total. The molecule has 0 fully saturated rings. The van der Waals surface area contributed by atoms with Crippen LogP contribution in [0, 0.1) is 0 Å². The number of aromatic nitrogens is 2. The van der Waals surface area contributed by atoms with Crippen LogP contribution in [0.4, 0.5) is 0 Å². The molecule has 1 aliphatic heterocycles. The second kappa shape index (κ2) is 4.51. The van der Waals surface area contributed by atoms with Crippen LogP contribution in [0.2, 0.25) is 0 Å². The van der Waals surface area contributed by atoms with E-state index in [4.69, 9.17) is 0 Å². The maximum atomic E-state index is 11.8. The lowest BCUT2D eigenvalue weighted by Gasteiger charge is -2.20. The first-order valence-electron chi connectivity index (χ1n) is 6.28. The van der Waals surface area contributed by atoms with Gasteiger partial charge in [0.05, 0.1) is 5.56 Å². The van der Waals surface area contributed by atoms with Crippen molar-refractivity contribution < 1.29 is 0 Å². The summed E-state index contributed by atoms with van der Waals surface area (Å²) in [6.07, 6.45) is 0. The lowest BCUT2D eigenvalue weighted by Crippen LogP contribution is -2.27. The van der Waals surface area contributed by atoms with E-state index in [1.54, 1.807) is 0 Å². The van der Waals surface area contributed by atoms with Crippen LogP contribution in [0.5, 0.6) is 0 Å². The molecule has 1 aromatic heterocycles. The summed E-state index contributed by atoms with van der Waals surface area (Å²) in [5.41, 5.74) is 1.90. The van der Waals surface area contributed by atoms with Gasteiger partial charge in [-0.2, -0.15) is 0 Å². The van der Waals surface area contributed by atoms with Crippen LogP contribution in [0.3, 0.4) is 0 Å². The van der Waals surface area contributed by atoms with Gasteiger partial charge in [-0.1, -0.05) is 30.3 Å². The van der Waals surface area contributed by atoms with Gasteiger partial charge in [0.15, 0.2) is 0 Å². The Morgan fingerprint density at radius 2 is 1.95 bits per heavy atom. The average Bonchev–Trinajstić information content (AvgIpc) is 2.67. The van der Waals surface area contributed by atoms with E-state index in [-0.39, 0.29) is 11.6 Å². The fourth-order valence-electron chi connectivity index (χ4n) is 2.64. The van der Waals surface area contributed by atoms with Gasteiger partial charge < -0.3 is 4.98 Å². The van der Waals surface area contributed by atoms with Crippen molar-refractivity contribution in [3.63, 3.8) is 0 Å². The number of rotatable bonds is 2. The number of nitrogens with one attached hydrogen (secondary N) is 2. The maximum Gasteiger partial charge on any atom is 0.325 e. The molecule has 0 radical (unpaired) electrons. The molecule has 0 bridgehead atoms. The van der Waals surface area contributed by atoms with E-state index < -0.39 is 5.69 Å². The van der Waals surface area contributed by atoms with Crippen LogP contribution in [0.1, 0.15) is 29.8 Å². The number of hydrogen-bond acceptors (Lipinski definition) is 3. The molecule has 1 aromatic carbocycles. The van der Waals surface area contributed by atoms with Gasteiger partial charge in [-0.3, -0.25) is 14.7 Å². The van der Waals surface area contributed by atoms with Gasteiger partial charge in [0.1, 0.15) is 0 Å². The zero-order valence-corrected chi connectivity index (χ0v) is 10.6. The second-order valence-corrected chi connectivity index (χ2v) is 4.87. The van der Waals surface area contributed by atoms with Crippen molar-refractivity contribution in [2.45, 2.75) is 26.1 Å². The number of benzene rings is 1. The van der Waals surface area contributed by atoms with Crippen LogP contribution in [-0.2, 0) is 13.1 Å². The topological polar surface area (TPSA) is 69.0 Å². The smallest absolute Gasteiger partial charge is 0.310 e. The third-order valence-electron chi connectivity index (χ3n) is 3.62. The molecule has 2 heterocycles. The summed E-state index contributed by atoms with van der Waals surface area (Å²) in [5.74, 6) is 0. The van der Waals surface area contributed by atoms with Gasteiger partial charge >= 0.3 is 5.69 Å². The van der Waals surface area contributed by atoms with E-state index >= 15 is 0 Å². The van der Waals surface area contributed by atoms with E-state index in [1.807, 2.05) is 25.1 Å². The largest absolute Gasteiger partial charge is 0.325 e. The molecule has 19 heavy (non-hydrogen) atoms. The molecule has 1 unspecified atom stereocenters. The molecule has 5 heteroatoms. The fraction of sp³-hybridized carbons (Fsp3) is 0.286. The van der Waals surface area contributed by atoms with Gasteiger partial charge in [0.25, 0.3) is 5.56 Å². The molecule has 0 saturated carbocycles. The van der Waals surface area contributed by atoms with Crippen LogP contribution in [-0.4, -0.2) is 14.9 Å². The highest BCUT2D eigenvalue weighted by Gasteiger charge is 2.30. The highest BCUT2D eigenvalue weighted by molar-refractivity contribution is 5.26. The van der Waals surface area contributed by atoms with Crippen LogP contribution < -0.4 is 11.2 Å². The Morgan fingerprint density at radius 3 is 2.68 bits per heavy atom. The first-order valence-corrected chi connectivity index (χ1v) is 6.28. The molecule has 0 spiro atoms. The van der Waals surface area contributed by atoms with Gasteiger partial charge in [0, 0.05) is 24.8 Å². The summed E-state index contributed by atoms with van der Waals surface area (Å²) in [7, 11) is 0. The number of nitrogens with zero attached hydrogens (tertiary/aromatic N) is 1. The Hall–Kier alpha value is -2.14. The first kappa shape index (κ1) is 11.9. The quantitative estimate of drug-likeness (QED) is 0.847. The number of fused-ring (bicyclic) bond motifs is 1. The molecule has 0 aliphatic carbocycles. The SMILES string of the molecule is CC1c2c([nH]c(=O)[nH]c2=O)CN1Cc1ccccc1. The summed E-state index contributed by atoms with van der Waals surface area (Å²) in [6.45, 7) is 3.35. The summed E-state index contributed by atoms with van der Waals surface area (Å²) in [5, 5.41) is 0. The summed E-state index contributed by atoms with van der Waals surface area (Å²) in [6, 6.07) is 10.1. The summed E-state index contributed by atoms with van der Waals surface area (Å²) in [4.78, 5) is 30.3. The lowest BCUT2D eigenvalue weighted by molar-refractivity contribution is 0.218. The first-order chi connectivity index (χ1) is 9.15. The van der Waals surface area contributed by atoms with Crippen molar-refractivity contribution in [2.24, 2.45) is 0 Å². The molecule has 1 atom stereocenters. The molecule has 2 aromatic rings. The minimum Gasteiger partial charge on any atom is -0.310 e. The zero-order chi connectivity index (χ0) is 13.4. The normalized spacial score (nSPS) is 18.5.